The van der Waals surface area contributed by atoms with Crippen LogP contribution in [0.1, 0.15) is 27.0 Å². The molecule has 5 nitrogen and oxygen atoms in total. The van der Waals surface area contributed by atoms with Crippen molar-refractivity contribution in [3.63, 3.8) is 0 Å². The first-order chi connectivity index (χ1) is 15.3. The molecule has 0 saturated carbocycles. The quantitative estimate of drug-likeness (QED) is 0.518. The average Bonchev–Trinajstić information content (AvgIpc) is 3.16. The van der Waals surface area contributed by atoms with Crippen LogP contribution in [-0.2, 0) is 17.3 Å². The van der Waals surface area contributed by atoms with Crippen LogP contribution in [0, 0.1) is 0 Å². The van der Waals surface area contributed by atoms with Crippen LogP contribution in [0.5, 0.6) is 0 Å². The summed E-state index contributed by atoms with van der Waals surface area (Å²) in [4.78, 5) is 19.2. The van der Waals surface area contributed by atoms with E-state index in [1.165, 1.54) is 12.1 Å². The van der Waals surface area contributed by atoms with Crippen LogP contribution in [0.4, 0.5) is 18.9 Å². The van der Waals surface area contributed by atoms with Gasteiger partial charge in [0.05, 0.1) is 30.2 Å². The first-order valence-electron chi connectivity index (χ1n) is 10.3. The first kappa shape index (κ1) is 20.5. The highest BCUT2D eigenvalue weighted by Gasteiger charge is 2.31. The molecule has 3 aromatic rings. The SMILES string of the molecule is NC(=O)c1cc(-c2ccc(C(F)(F)F)cc2)nc2c1Cc1cc(N3CCOCC3)ccc1-2. The van der Waals surface area contributed by atoms with Crippen molar-refractivity contribution in [3.8, 4) is 22.5 Å². The van der Waals surface area contributed by atoms with Gasteiger partial charge >= 0.3 is 6.18 Å². The van der Waals surface area contributed by atoms with Gasteiger partial charge in [0.2, 0.25) is 5.91 Å². The van der Waals surface area contributed by atoms with Crippen molar-refractivity contribution in [3.05, 3.63) is 70.8 Å². The maximum absolute atomic E-state index is 12.9. The number of anilines is 1. The zero-order valence-corrected chi connectivity index (χ0v) is 17.1. The molecule has 1 saturated heterocycles. The molecule has 5 rings (SSSR count). The summed E-state index contributed by atoms with van der Waals surface area (Å²) in [5.41, 5.74) is 10.6. The lowest BCUT2D eigenvalue weighted by atomic mass is 10.0. The molecule has 1 aromatic heterocycles. The predicted molar refractivity (Wildman–Crippen MR) is 114 cm³/mol. The zero-order valence-electron chi connectivity index (χ0n) is 17.1. The molecule has 1 aliphatic heterocycles. The van der Waals surface area contributed by atoms with Crippen molar-refractivity contribution in [2.75, 3.05) is 31.2 Å². The van der Waals surface area contributed by atoms with E-state index in [0.29, 0.717) is 42.1 Å². The van der Waals surface area contributed by atoms with Crippen molar-refractivity contribution >= 4 is 11.6 Å². The molecular weight excluding hydrogens is 419 g/mol. The van der Waals surface area contributed by atoms with Gasteiger partial charge in [-0.3, -0.25) is 4.79 Å². The smallest absolute Gasteiger partial charge is 0.378 e. The fraction of sp³-hybridized carbons (Fsp3) is 0.250. The number of benzene rings is 2. The number of hydrogen-bond acceptors (Lipinski definition) is 4. The lowest BCUT2D eigenvalue weighted by Crippen LogP contribution is -2.36. The molecule has 8 heteroatoms. The van der Waals surface area contributed by atoms with Crippen LogP contribution in [0.3, 0.4) is 0 Å². The highest BCUT2D eigenvalue weighted by molar-refractivity contribution is 5.98. The first-order valence-corrected chi connectivity index (χ1v) is 10.3. The number of carbonyl (C=O) groups excluding carboxylic acids is 1. The second-order valence-electron chi connectivity index (χ2n) is 7.94. The third kappa shape index (κ3) is 3.60. The third-order valence-corrected chi connectivity index (χ3v) is 5.99. The number of carbonyl (C=O) groups is 1. The third-order valence-electron chi connectivity index (χ3n) is 5.99. The topological polar surface area (TPSA) is 68.5 Å². The molecule has 0 unspecified atom stereocenters. The summed E-state index contributed by atoms with van der Waals surface area (Å²) >= 11 is 0. The van der Waals surface area contributed by atoms with Crippen molar-refractivity contribution in [2.24, 2.45) is 5.73 Å². The summed E-state index contributed by atoms with van der Waals surface area (Å²) in [6.07, 6.45) is -3.89. The number of nitrogens with zero attached hydrogens (tertiary/aromatic N) is 2. The van der Waals surface area contributed by atoms with Gasteiger partial charge in [0, 0.05) is 41.9 Å². The van der Waals surface area contributed by atoms with Gasteiger partial charge in [-0.25, -0.2) is 4.98 Å². The summed E-state index contributed by atoms with van der Waals surface area (Å²) in [6.45, 7) is 2.99. The highest BCUT2D eigenvalue weighted by Crippen LogP contribution is 2.41. The number of hydrogen-bond donors (Lipinski definition) is 1. The number of primary amides is 1. The van der Waals surface area contributed by atoms with E-state index in [4.69, 9.17) is 15.5 Å². The van der Waals surface area contributed by atoms with Gasteiger partial charge in [0.15, 0.2) is 0 Å². The summed E-state index contributed by atoms with van der Waals surface area (Å²) in [5.74, 6) is -0.585. The number of rotatable bonds is 3. The molecule has 0 spiro atoms. The summed E-state index contributed by atoms with van der Waals surface area (Å²) in [6, 6.07) is 12.4. The number of amides is 1. The van der Waals surface area contributed by atoms with E-state index in [-0.39, 0.29) is 0 Å². The second-order valence-corrected chi connectivity index (χ2v) is 7.94. The van der Waals surface area contributed by atoms with Crippen molar-refractivity contribution < 1.29 is 22.7 Å². The standard InChI is InChI=1S/C24H20F3N3O2/c25-24(26,27)16-3-1-14(2-4-16)21-13-20(23(28)31)19-12-15-11-17(30-7-9-32-10-8-30)5-6-18(15)22(19)29-21/h1-6,11,13H,7-10,12H2,(H2,28,31). The Balaban J connectivity index is 1.56. The Labute approximate surface area is 182 Å². The minimum Gasteiger partial charge on any atom is -0.378 e. The number of aromatic nitrogens is 1. The normalized spacial score (nSPS) is 15.4. The largest absolute Gasteiger partial charge is 0.416 e. The van der Waals surface area contributed by atoms with E-state index in [0.717, 1.165) is 47.6 Å². The van der Waals surface area contributed by atoms with E-state index >= 15 is 0 Å². The van der Waals surface area contributed by atoms with Gasteiger partial charge in [-0.2, -0.15) is 13.2 Å². The molecule has 0 radical (unpaired) electrons. The molecular formula is C24H20F3N3O2. The molecule has 1 amide bonds. The van der Waals surface area contributed by atoms with Gasteiger partial charge in [-0.15, -0.1) is 0 Å². The Morgan fingerprint density at radius 2 is 1.75 bits per heavy atom. The fourth-order valence-corrected chi connectivity index (χ4v) is 4.34. The monoisotopic (exact) mass is 439 g/mol. The van der Waals surface area contributed by atoms with Crippen molar-refractivity contribution in [1.29, 1.82) is 0 Å². The van der Waals surface area contributed by atoms with Crippen molar-refractivity contribution in [1.82, 2.24) is 4.98 Å². The number of morpholine rings is 1. The Hall–Kier alpha value is -3.39. The fourth-order valence-electron chi connectivity index (χ4n) is 4.34. The number of fused-ring (bicyclic) bond motifs is 3. The maximum atomic E-state index is 12.9. The minimum atomic E-state index is -4.42. The van der Waals surface area contributed by atoms with Crippen LogP contribution < -0.4 is 10.6 Å². The van der Waals surface area contributed by atoms with Crippen molar-refractivity contribution in [2.45, 2.75) is 12.6 Å². The zero-order chi connectivity index (χ0) is 22.5. The average molecular weight is 439 g/mol. The van der Waals surface area contributed by atoms with E-state index in [1.54, 1.807) is 6.07 Å². The number of ether oxygens (including phenoxy) is 1. The Morgan fingerprint density at radius 1 is 1.03 bits per heavy atom. The molecule has 2 heterocycles. The molecule has 2 aromatic carbocycles. The molecule has 2 N–H and O–H groups in total. The summed E-state index contributed by atoms with van der Waals surface area (Å²) in [5, 5.41) is 0. The van der Waals surface area contributed by atoms with E-state index in [2.05, 4.69) is 11.0 Å². The van der Waals surface area contributed by atoms with Crippen LogP contribution in [-0.4, -0.2) is 37.2 Å². The molecule has 0 bridgehead atoms. The van der Waals surface area contributed by atoms with E-state index in [1.807, 2.05) is 12.1 Å². The summed E-state index contributed by atoms with van der Waals surface area (Å²) < 4.78 is 44.2. The summed E-state index contributed by atoms with van der Waals surface area (Å²) in [7, 11) is 0. The molecule has 164 valence electrons. The number of nitrogens with two attached hydrogens (primary N) is 1. The lowest BCUT2D eigenvalue weighted by Gasteiger charge is -2.29. The molecule has 0 atom stereocenters. The minimum absolute atomic E-state index is 0.342. The lowest BCUT2D eigenvalue weighted by molar-refractivity contribution is -0.137. The van der Waals surface area contributed by atoms with Crippen LogP contribution >= 0.6 is 0 Å². The molecule has 1 aliphatic carbocycles. The number of halogens is 3. The van der Waals surface area contributed by atoms with E-state index in [9.17, 15) is 18.0 Å². The Bertz CT molecular complexity index is 1200. The second kappa shape index (κ2) is 7.63. The molecule has 32 heavy (non-hydrogen) atoms. The predicted octanol–water partition coefficient (Wildman–Crippen LogP) is 4.27. The van der Waals surface area contributed by atoms with Crippen LogP contribution in [0.15, 0.2) is 48.5 Å². The van der Waals surface area contributed by atoms with E-state index < -0.39 is 17.6 Å². The Morgan fingerprint density at radius 3 is 2.41 bits per heavy atom. The number of alkyl halides is 3. The van der Waals surface area contributed by atoms with Gasteiger partial charge in [0.1, 0.15) is 0 Å². The van der Waals surface area contributed by atoms with Gasteiger partial charge in [-0.05, 0) is 41.5 Å². The number of pyridine rings is 1. The maximum Gasteiger partial charge on any atom is 0.416 e. The van der Waals surface area contributed by atoms with Gasteiger partial charge in [-0.1, -0.05) is 18.2 Å². The van der Waals surface area contributed by atoms with Gasteiger partial charge in [0.25, 0.3) is 0 Å². The Kier molecular flexibility index (Phi) is 4.89. The molecule has 1 fully saturated rings. The van der Waals surface area contributed by atoms with Crippen LogP contribution in [0.25, 0.3) is 22.5 Å². The molecule has 2 aliphatic rings. The van der Waals surface area contributed by atoms with Gasteiger partial charge < -0.3 is 15.4 Å². The van der Waals surface area contributed by atoms with Crippen LogP contribution in [0.2, 0.25) is 0 Å². The highest BCUT2D eigenvalue weighted by atomic mass is 19.4.